The second-order valence-corrected chi connectivity index (χ2v) is 8.12. The number of ether oxygens (including phenoxy) is 1. The third kappa shape index (κ3) is 4.80. The fraction of sp³-hybridized carbons (Fsp3) is 0.222. The summed E-state index contributed by atoms with van der Waals surface area (Å²) in [6, 6.07) is 12.2. The third-order valence-electron chi connectivity index (χ3n) is 5.74. The number of aromatic nitrogens is 4. The monoisotopic (exact) mass is 439 g/mol. The molecule has 0 aliphatic heterocycles. The van der Waals surface area contributed by atoms with Gasteiger partial charge in [-0.25, -0.2) is 4.98 Å². The van der Waals surface area contributed by atoms with Crippen molar-refractivity contribution in [2.45, 2.75) is 33.8 Å². The summed E-state index contributed by atoms with van der Waals surface area (Å²) in [5.41, 5.74) is 8.01. The van der Waals surface area contributed by atoms with Crippen LogP contribution in [0.3, 0.4) is 0 Å². The van der Waals surface area contributed by atoms with Crippen LogP contribution in [0.15, 0.2) is 72.7 Å². The minimum Gasteiger partial charge on any atom is -0.487 e. The fourth-order valence-corrected chi connectivity index (χ4v) is 3.69. The van der Waals surface area contributed by atoms with Crippen molar-refractivity contribution in [2.75, 3.05) is 0 Å². The number of imidazole rings is 1. The summed E-state index contributed by atoms with van der Waals surface area (Å²) in [4.78, 5) is 4.55. The van der Waals surface area contributed by atoms with Gasteiger partial charge in [-0.2, -0.15) is 5.10 Å². The Morgan fingerprint density at radius 2 is 1.94 bits per heavy atom. The van der Waals surface area contributed by atoms with Gasteiger partial charge in [0.15, 0.2) is 0 Å². The van der Waals surface area contributed by atoms with E-state index in [9.17, 15) is 0 Å². The predicted octanol–water partition coefficient (Wildman–Crippen LogP) is 6.01. The van der Waals surface area contributed by atoms with E-state index in [1.807, 2.05) is 56.8 Å². The molecule has 6 heteroatoms. The Kier molecular flexibility index (Phi) is 6.54. The first-order valence-corrected chi connectivity index (χ1v) is 11.1. The van der Waals surface area contributed by atoms with Crippen LogP contribution in [0.5, 0.6) is 5.75 Å². The van der Waals surface area contributed by atoms with Gasteiger partial charge < -0.3 is 14.5 Å². The Bertz CT molecular complexity index is 1340. The molecule has 1 aromatic carbocycles. The summed E-state index contributed by atoms with van der Waals surface area (Å²) in [5.74, 6) is 0.768. The van der Waals surface area contributed by atoms with E-state index in [1.165, 1.54) is 11.8 Å². The molecule has 4 aromatic rings. The Morgan fingerprint density at radius 3 is 2.67 bits per heavy atom. The van der Waals surface area contributed by atoms with Crippen molar-refractivity contribution in [1.82, 2.24) is 19.2 Å². The molecule has 4 rings (SSSR count). The summed E-state index contributed by atoms with van der Waals surface area (Å²) in [7, 11) is 1.88. The highest BCUT2D eigenvalue weighted by molar-refractivity contribution is 6.09. The molecule has 0 aliphatic carbocycles. The number of allylic oxidation sites excluding steroid dienone is 4. The van der Waals surface area contributed by atoms with Crippen molar-refractivity contribution >= 4 is 17.4 Å². The molecule has 0 radical (unpaired) electrons. The second kappa shape index (κ2) is 9.69. The van der Waals surface area contributed by atoms with E-state index in [2.05, 4.69) is 52.6 Å². The molecule has 3 aromatic heterocycles. The zero-order valence-electron chi connectivity index (χ0n) is 19.5. The smallest absolute Gasteiger partial charge is 0.144 e. The van der Waals surface area contributed by atoms with E-state index < -0.39 is 0 Å². The second-order valence-electron chi connectivity index (χ2n) is 8.12. The largest absolute Gasteiger partial charge is 0.487 e. The van der Waals surface area contributed by atoms with Gasteiger partial charge in [0.25, 0.3) is 0 Å². The third-order valence-corrected chi connectivity index (χ3v) is 5.74. The van der Waals surface area contributed by atoms with Crippen molar-refractivity contribution in [3.8, 4) is 16.9 Å². The van der Waals surface area contributed by atoms with Crippen molar-refractivity contribution in [2.24, 2.45) is 7.05 Å². The molecule has 0 saturated carbocycles. The van der Waals surface area contributed by atoms with Crippen LogP contribution in [-0.4, -0.2) is 25.4 Å². The van der Waals surface area contributed by atoms with Crippen LogP contribution < -0.4 is 4.74 Å². The first kappa shape index (κ1) is 22.3. The standard InChI is InChI=1S/C27H29N5O/c1-5-19(2)8-9-22(15-28)25-17-31(4)30-26(25)18-33-23-12-10-21(11-13-23)24-7-6-14-32-20(3)16-29-27(24)32/h6-17,28H,5,18H2,1-4H3/b19-8+,22-9+,28-15?. The molecule has 0 aliphatic rings. The minimum absolute atomic E-state index is 0.326. The van der Waals surface area contributed by atoms with Crippen LogP contribution in [0.25, 0.3) is 22.3 Å². The SMILES string of the molecule is CC/C(C)=C/C=C(\C=N)c1cn(C)nc1COc1ccc(-c2cccn3c(C)cnc23)cc1. The molecule has 0 spiro atoms. The topological polar surface area (TPSA) is 68.2 Å². The molecule has 0 bridgehead atoms. The molecule has 0 atom stereocenters. The van der Waals surface area contributed by atoms with E-state index in [-0.39, 0.29) is 0 Å². The lowest BCUT2D eigenvalue weighted by Crippen LogP contribution is -2.00. The number of nitrogens with one attached hydrogen (secondary N) is 1. The normalized spacial score (nSPS) is 12.4. The Morgan fingerprint density at radius 1 is 1.15 bits per heavy atom. The van der Waals surface area contributed by atoms with Gasteiger partial charge in [0.2, 0.25) is 0 Å². The lowest BCUT2D eigenvalue weighted by molar-refractivity contribution is 0.300. The lowest BCUT2D eigenvalue weighted by Gasteiger charge is -2.09. The predicted molar refractivity (Wildman–Crippen MR) is 134 cm³/mol. The van der Waals surface area contributed by atoms with Gasteiger partial charge >= 0.3 is 0 Å². The molecule has 1 N–H and O–H groups in total. The van der Waals surface area contributed by atoms with Crippen LogP contribution in [-0.2, 0) is 13.7 Å². The van der Waals surface area contributed by atoms with E-state index >= 15 is 0 Å². The number of fused-ring (bicyclic) bond motifs is 1. The Balaban J connectivity index is 1.53. The molecule has 6 nitrogen and oxygen atoms in total. The summed E-state index contributed by atoms with van der Waals surface area (Å²) in [5, 5.41) is 12.4. The first-order chi connectivity index (χ1) is 16.0. The quantitative estimate of drug-likeness (QED) is 0.270. The molecule has 0 saturated heterocycles. The highest BCUT2D eigenvalue weighted by Gasteiger charge is 2.12. The number of rotatable bonds is 8. The van der Waals surface area contributed by atoms with Gasteiger partial charge in [-0.15, -0.1) is 0 Å². The van der Waals surface area contributed by atoms with Crippen molar-refractivity contribution < 1.29 is 4.74 Å². The van der Waals surface area contributed by atoms with E-state index in [0.717, 1.165) is 51.5 Å². The number of nitrogens with zero attached hydrogens (tertiary/aromatic N) is 4. The van der Waals surface area contributed by atoms with E-state index in [0.29, 0.717) is 6.61 Å². The van der Waals surface area contributed by atoms with Crippen molar-refractivity contribution in [3.63, 3.8) is 0 Å². The molecule has 33 heavy (non-hydrogen) atoms. The van der Waals surface area contributed by atoms with Crippen LogP contribution in [0.2, 0.25) is 0 Å². The van der Waals surface area contributed by atoms with Gasteiger partial charge in [-0.05, 0) is 50.1 Å². The van der Waals surface area contributed by atoms with Gasteiger partial charge in [0, 0.05) is 54.2 Å². The minimum atomic E-state index is 0.326. The maximum Gasteiger partial charge on any atom is 0.144 e. The van der Waals surface area contributed by atoms with Gasteiger partial charge in [-0.1, -0.05) is 36.8 Å². The fourth-order valence-electron chi connectivity index (χ4n) is 3.69. The molecule has 3 heterocycles. The van der Waals surface area contributed by atoms with Gasteiger partial charge in [0.05, 0.1) is 0 Å². The Labute approximate surface area is 194 Å². The highest BCUT2D eigenvalue weighted by atomic mass is 16.5. The zero-order chi connectivity index (χ0) is 23.4. The molecular weight excluding hydrogens is 410 g/mol. The van der Waals surface area contributed by atoms with E-state index in [1.54, 1.807) is 4.68 Å². The van der Waals surface area contributed by atoms with Gasteiger partial charge in [0.1, 0.15) is 23.7 Å². The van der Waals surface area contributed by atoms with E-state index in [4.69, 9.17) is 10.1 Å². The molecule has 168 valence electrons. The number of hydrogen-bond acceptors (Lipinski definition) is 4. The summed E-state index contributed by atoms with van der Waals surface area (Å²) in [6.45, 7) is 6.58. The number of benzene rings is 1. The molecular formula is C27H29N5O. The zero-order valence-corrected chi connectivity index (χ0v) is 19.5. The Hall–Kier alpha value is -3.93. The summed E-state index contributed by atoms with van der Waals surface area (Å²) in [6.07, 6.45) is 12.2. The molecule has 0 unspecified atom stereocenters. The van der Waals surface area contributed by atoms with Gasteiger partial charge in [-0.3, -0.25) is 4.68 Å². The average Bonchev–Trinajstić information content (AvgIpc) is 3.40. The number of aryl methyl sites for hydroxylation is 2. The van der Waals surface area contributed by atoms with Crippen molar-refractivity contribution in [3.05, 3.63) is 89.7 Å². The first-order valence-electron chi connectivity index (χ1n) is 11.1. The van der Waals surface area contributed by atoms with Crippen LogP contribution in [0, 0.1) is 12.3 Å². The highest BCUT2D eigenvalue weighted by Crippen LogP contribution is 2.27. The number of pyridine rings is 1. The summed E-state index contributed by atoms with van der Waals surface area (Å²) >= 11 is 0. The summed E-state index contributed by atoms with van der Waals surface area (Å²) < 4.78 is 9.91. The van der Waals surface area contributed by atoms with Crippen molar-refractivity contribution in [1.29, 1.82) is 5.41 Å². The molecule has 0 amide bonds. The average molecular weight is 440 g/mol. The maximum atomic E-state index is 7.86. The number of hydrogen-bond donors (Lipinski definition) is 1. The van der Waals surface area contributed by atoms with Crippen LogP contribution in [0.4, 0.5) is 0 Å². The maximum absolute atomic E-state index is 7.86. The van der Waals surface area contributed by atoms with Crippen LogP contribution in [0.1, 0.15) is 37.2 Å². The molecule has 0 fully saturated rings. The van der Waals surface area contributed by atoms with Crippen LogP contribution >= 0.6 is 0 Å². The lowest BCUT2D eigenvalue weighted by atomic mass is 10.1.